The number of nitrogens with two attached hydrogens (primary N) is 1. The van der Waals surface area contributed by atoms with Crippen LogP contribution in [0, 0.1) is 0 Å². The maximum absolute atomic E-state index is 9.42. The molecule has 4 nitrogen and oxygen atoms in total. The zero-order valence-electron chi connectivity index (χ0n) is 7.94. The number of hydrogen-bond acceptors (Lipinski definition) is 4. The summed E-state index contributed by atoms with van der Waals surface area (Å²) in [6, 6.07) is 1.68. The third-order valence-corrected chi connectivity index (χ3v) is 1.78. The van der Waals surface area contributed by atoms with Crippen molar-refractivity contribution < 1.29 is 5.11 Å². The second-order valence-corrected chi connectivity index (χ2v) is 3.25. The van der Waals surface area contributed by atoms with Gasteiger partial charge in [0.15, 0.2) is 0 Å². The van der Waals surface area contributed by atoms with Crippen LogP contribution in [-0.4, -0.2) is 21.6 Å². The summed E-state index contributed by atoms with van der Waals surface area (Å²) >= 11 is 0. The van der Waals surface area contributed by atoms with Gasteiger partial charge in [-0.25, -0.2) is 9.97 Å². The lowest BCUT2D eigenvalue weighted by atomic mass is 10.2. The van der Waals surface area contributed by atoms with Crippen molar-refractivity contribution in [2.75, 3.05) is 6.54 Å². The predicted molar refractivity (Wildman–Crippen MR) is 50.1 cm³/mol. The fourth-order valence-electron chi connectivity index (χ4n) is 0.973. The summed E-state index contributed by atoms with van der Waals surface area (Å²) in [5.74, 6) is 1.01. The Morgan fingerprint density at radius 1 is 1.54 bits per heavy atom. The van der Waals surface area contributed by atoms with E-state index in [1.54, 1.807) is 12.3 Å². The van der Waals surface area contributed by atoms with E-state index in [-0.39, 0.29) is 12.5 Å². The van der Waals surface area contributed by atoms with Crippen LogP contribution in [0.1, 0.15) is 37.4 Å². The number of hydrogen-bond donors (Lipinski definition) is 2. The van der Waals surface area contributed by atoms with E-state index in [1.165, 1.54) is 0 Å². The van der Waals surface area contributed by atoms with Gasteiger partial charge in [-0.15, -0.1) is 0 Å². The molecule has 1 heterocycles. The highest BCUT2D eigenvalue weighted by atomic mass is 16.3. The number of rotatable bonds is 3. The molecule has 1 rings (SSSR count). The Bertz CT molecular complexity index is 275. The van der Waals surface area contributed by atoms with E-state index in [0.717, 1.165) is 5.82 Å². The van der Waals surface area contributed by atoms with Crippen molar-refractivity contribution in [1.29, 1.82) is 0 Å². The molecule has 1 aromatic heterocycles. The first-order chi connectivity index (χ1) is 6.15. The van der Waals surface area contributed by atoms with Crippen LogP contribution in [0.4, 0.5) is 0 Å². The van der Waals surface area contributed by atoms with Crippen LogP contribution in [0.15, 0.2) is 12.3 Å². The third kappa shape index (κ3) is 2.47. The van der Waals surface area contributed by atoms with Gasteiger partial charge >= 0.3 is 0 Å². The van der Waals surface area contributed by atoms with Gasteiger partial charge in [-0.3, -0.25) is 0 Å². The Labute approximate surface area is 77.8 Å². The number of aromatic nitrogens is 2. The normalized spacial score (nSPS) is 13.3. The van der Waals surface area contributed by atoms with Gasteiger partial charge in [0.2, 0.25) is 0 Å². The number of aliphatic hydroxyl groups excluding tert-OH is 1. The molecule has 0 aromatic carbocycles. The van der Waals surface area contributed by atoms with Gasteiger partial charge < -0.3 is 10.8 Å². The smallest absolute Gasteiger partial charge is 0.131 e. The van der Waals surface area contributed by atoms with Crippen molar-refractivity contribution in [3.05, 3.63) is 23.8 Å². The summed E-state index contributed by atoms with van der Waals surface area (Å²) in [5.41, 5.74) is 5.92. The van der Waals surface area contributed by atoms with Crippen molar-refractivity contribution in [2.45, 2.75) is 25.9 Å². The van der Waals surface area contributed by atoms with E-state index in [0.29, 0.717) is 5.69 Å². The van der Waals surface area contributed by atoms with Crippen molar-refractivity contribution in [1.82, 2.24) is 9.97 Å². The summed E-state index contributed by atoms with van der Waals surface area (Å²) in [6.07, 6.45) is 0.969. The highest BCUT2D eigenvalue weighted by Gasteiger charge is 2.09. The van der Waals surface area contributed by atoms with Crippen LogP contribution in [0.25, 0.3) is 0 Å². The van der Waals surface area contributed by atoms with Gasteiger partial charge in [-0.05, 0) is 6.07 Å². The first kappa shape index (κ1) is 10.1. The molecule has 0 amide bonds. The summed E-state index contributed by atoms with van der Waals surface area (Å²) in [5, 5.41) is 9.42. The monoisotopic (exact) mass is 181 g/mol. The van der Waals surface area contributed by atoms with E-state index < -0.39 is 6.10 Å². The molecule has 0 aliphatic carbocycles. The van der Waals surface area contributed by atoms with Crippen LogP contribution < -0.4 is 5.73 Å². The molecule has 4 heteroatoms. The average molecular weight is 181 g/mol. The van der Waals surface area contributed by atoms with E-state index in [1.807, 2.05) is 13.8 Å². The molecule has 0 spiro atoms. The highest BCUT2D eigenvalue weighted by molar-refractivity contribution is 5.07. The quantitative estimate of drug-likeness (QED) is 0.716. The number of nitrogens with zero attached hydrogens (tertiary/aromatic N) is 2. The van der Waals surface area contributed by atoms with Crippen molar-refractivity contribution in [2.24, 2.45) is 5.73 Å². The van der Waals surface area contributed by atoms with Crippen LogP contribution in [0.3, 0.4) is 0 Å². The standard InChI is InChI=1S/C9H15N3O/c1-6(2)9-11-4-3-7(12-9)8(13)5-10/h3-4,6,8,13H,5,10H2,1-2H3. The highest BCUT2D eigenvalue weighted by Crippen LogP contribution is 2.12. The van der Waals surface area contributed by atoms with Gasteiger partial charge in [0.25, 0.3) is 0 Å². The van der Waals surface area contributed by atoms with Gasteiger partial charge in [0.1, 0.15) is 11.9 Å². The summed E-state index contributed by atoms with van der Waals surface area (Å²) in [4.78, 5) is 8.29. The Kier molecular flexibility index (Phi) is 3.33. The molecule has 3 N–H and O–H groups in total. The first-order valence-corrected chi connectivity index (χ1v) is 4.36. The fourth-order valence-corrected chi connectivity index (χ4v) is 0.973. The molecule has 0 fully saturated rings. The van der Waals surface area contributed by atoms with Crippen molar-refractivity contribution >= 4 is 0 Å². The summed E-state index contributed by atoms with van der Waals surface area (Å²) in [7, 11) is 0. The van der Waals surface area contributed by atoms with Crippen LogP contribution in [0.2, 0.25) is 0 Å². The lowest BCUT2D eigenvalue weighted by molar-refractivity contribution is 0.181. The second kappa shape index (κ2) is 4.30. The van der Waals surface area contributed by atoms with Gasteiger partial charge in [-0.1, -0.05) is 13.8 Å². The molecule has 1 aromatic rings. The van der Waals surface area contributed by atoms with E-state index in [9.17, 15) is 5.11 Å². The van der Waals surface area contributed by atoms with Gasteiger partial charge in [-0.2, -0.15) is 0 Å². The molecule has 1 atom stereocenters. The lowest BCUT2D eigenvalue weighted by Gasteiger charge is -2.09. The maximum Gasteiger partial charge on any atom is 0.131 e. The molecular weight excluding hydrogens is 166 g/mol. The third-order valence-electron chi connectivity index (χ3n) is 1.78. The average Bonchev–Trinajstić information content (AvgIpc) is 2.17. The topological polar surface area (TPSA) is 72.0 Å². The van der Waals surface area contributed by atoms with Gasteiger partial charge in [0, 0.05) is 18.7 Å². The Balaban J connectivity index is 2.91. The molecule has 13 heavy (non-hydrogen) atoms. The van der Waals surface area contributed by atoms with E-state index in [4.69, 9.17) is 5.73 Å². The minimum atomic E-state index is -0.680. The molecule has 0 saturated heterocycles. The zero-order chi connectivity index (χ0) is 9.84. The Hall–Kier alpha value is -1.00. The second-order valence-electron chi connectivity index (χ2n) is 3.25. The van der Waals surface area contributed by atoms with E-state index in [2.05, 4.69) is 9.97 Å². The zero-order valence-corrected chi connectivity index (χ0v) is 7.94. The molecule has 0 aliphatic rings. The summed E-state index contributed by atoms with van der Waals surface area (Å²) in [6.45, 7) is 4.20. The fraction of sp³-hybridized carbons (Fsp3) is 0.556. The molecular formula is C9H15N3O. The number of aliphatic hydroxyl groups is 1. The van der Waals surface area contributed by atoms with Crippen LogP contribution >= 0.6 is 0 Å². The summed E-state index contributed by atoms with van der Waals surface area (Å²) < 4.78 is 0. The maximum atomic E-state index is 9.42. The minimum absolute atomic E-state index is 0.189. The Morgan fingerprint density at radius 2 is 2.23 bits per heavy atom. The van der Waals surface area contributed by atoms with Gasteiger partial charge in [0.05, 0.1) is 5.69 Å². The lowest BCUT2D eigenvalue weighted by Crippen LogP contribution is -2.14. The molecule has 72 valence electrons. The molecule has 1 unspecified atom stereocenters. The SMILES string of the molecule is CC(C)c1nccc(C(O)CN)n1. The van der Waals surface area contributed by atoms with E-state index >= 15 is 0 Å². The van der Waals surface area contributed by atoms with Crippen LogP contribution in [0.5, 0.6) is 0 Å². The molecule has 0 aliphatic heterocycles. The largest absolute Gasteiger partial charge is 0.385 e. The molecule has 0 radical (unpaired) electrons. The minimum Gasteiger partial charge on any atom is -0.385 e. The van der Waals surface area contributed by atoms with Crippen molar-refractivity contribution in [3.8, 4) is 0 Å². The molecule has 0 saturated carbocycles. The van der Waals surface area contributed by atoms with Crippen molar-refractivity contribution in [3.63, 3.8) is 0 Å². The first-order valence-electron chi connectivity index (χ1n) is 4.36. The molecule has 0 bridgehead atoms. The van der Waals surface area contributed by atoms with Crippen LogP contribution in [-0.2, 0) is 0 Å². The predicted octanol–water partition coefficient (Wildman–Crippen LogP) is 0.592. The Morgan fingerprint density at radius 3 is 2.77 bits per heavy atom.